The summed E-state index contributed by atoms with van der Waals surface area (Å²) in [6, 6.07) is 18.1. The van der Waals surface area contributed by atoms with Crippen molar-refractivity contribution in [3.63, 3.8) is 0 Å². The average molecular weight is 349 g/mol. The summed E-state index contributed by atoms with van der Waals surface area (Å²) in [5.74, 6) is -0.190. The summed E-state index contributed by atoms with van der Waals surface area (Å²) >= 11 is 0. The Morgan fingerprint density at radius 2 is 1.77 bits per heavy atom. The molecule has 0 radical (unpaired) electrons. The minimum Gasteiger partial charge on any atom is -0.384 e. The molecule has 0 aromatic heterocycles. The first-order valence-corrected chi connectivity index (χ1v) is 8.86. The number of carbonyl (C=O) groups excluding carboxylic acids is 1. The highest BCUT2D eigenvalue weighted by Gasteiger charge is 2.23. The van der Waals surface area contributed by atoms with Gasteiger partial charge in [0.1, 0.15) is 6.10 Å². The molecule has 5 nitrogen and oxygen atoms in total. The Kier molecular flexibility index (Phi) is 5.67. The van der Waals surface area contributed by atoms with Crippen LogP contribution >= 0.6 is 0 Å². The smallest absolute Gasteiger partial charge is 0.251 e. The Morgan fingerprint density at radius 3 is 2.38 bits per heavy atom. The quantitative estimate of drug-likeness (QED) is 0.919. The van der Waals surface area contributed by atoms with Gasteiger partial charge in [-0.15, -0.1) is 0 Å². The van der Waals surface area contributed by atoms with Crippen LogP contribution in [0.5, 0.6) is 0 Å². The lowest BCUT2D eigenvalue weighted by atomic mass is 9.99. The number of hydrogen-bond donors (Lipinski definition) is 1. The maximum absolute atomic E-state index is 11.8. The number of piperazine rings is 1. The zero-order valence-electron chi connectivity index (χ0n) is 14.9. The van der Waals surface area contributed by atoms with Crippen molar-refractivity contribution < 1.29 is 9.90 Å². The first-order chi connectivity index (χ1) is 12.6. The second-order valence-corrected chi connectivity index (χ2v) is 6.63. The molecule has 1 aliphatic rings. The summed E-state index contributed by atoms with van der Waals surface area (Å²) < 4.78 is 0. The fraction of sp³-hybridized carbons (Fsp3) is 0.333. The summed E-state index contributed by atoms with van der Waals surface area (Å²) in [6.07, 6.45) is -0.926. The van der Waals surface area contributed by atoms with Crippen molar-refractivity contribution >= 4 is 5.91 Å². The Morgan fingerprint density at radius 1 is 1.12 bits per heavy atom. The highest BCUT2D eigenvalue weighted by molar-refractivity contribution is 5.80. The summed E-state index contributed by atoms with van der Waals surface area (Å²) in [5, 5.41) is 18.7. The Bertz CT molecular complexity index is 801. The van der Waals surface area contributed by atoms with Gasteiger partial charge in [-0.3, -0.25) is 9.69 Å². The number of carbonyl (C=O) groups is 1. The van der Waals surface area contributed by atoms with Crippen LogP contribution in [0.25, 0.3) is 11.1 Å². The Labute approximate surface area is 154 Å². The first-order valence-electron chi connectivity index (χ1n) is 8.86. The molecule has 26 heavy (non-hydrogen) atoms. The molecular weight excluding hydrogens is 326 g/mol. The van der Waals surface area contributed by atoms with Crippen molar-refractivity contribution in [1.29, 1.82) is 5.26 Å². The number of benzene rings is 2. The third-order valence-corrected chi connectivity index (χ3v) is 4.76. The topological polar surface area (TPSA) is 67.6 Å². The molecule has 1 heterocycles. The predicted octanol–water partition coefficient (Wildman–Crippen LogP) is 2.25. The molecule has 1 aliphatic heterocycles. The maximum atomic E-state index is 11.8. The molecule has 0 saturated carbocycles. The van der Waals surface area contributed by atoms with E-state index in [9.17, 15) is 15.2 Å². The van der Waals surface area contributed by atoms with E-state index in [0.717, 1.165) is 30.8 Å². The molecule has 2 aromatic carbocycles. The third-order valence-electron chi connectivity index (χ3n) is 4.76. The maximum Gasteiger partial charge on any atom is 0.251 e. The van der Waals surface area contributed by atoms with E-state index in [4.69, 9.17) is 0 Å². The lowest BCUT2D eigenvalue weighted by Gasteiger charge is -2.35. The zero-order valence-corrected chi connectivity index (χ0v) is 14.9. The predicted molar refractivity (Wildman–Crippen MR) is 100 cm³/mol. The van der Waals surface area contributed by atoms with Crippen molar-refractivity contribution in [1.82, 2.24) is 9.80 Å². The Balaban J connectivity index is 1.61. The molecule has 1 atom stereocenters. The Hall–Kier alpha value is -2.68. The van der Waals surface area contributed by atoms with E-state index in [2.05, 4.69) is 35.2 Å². The standard InChI is InChI=1S/C21H23N3O2/c1-16(25)21(26)24-12-10-23(11-13-24)15-17-6-8-18(9-7-17)20-5-3-2-4-19(20)14-22/h2-9,16,25H,10-13,15H2,1H3. The molecule has 1 N–H and O–H groups in total. The van der Waals surface area contributed by atoms with Crippen LogP contribution < -0.4 is 0 Å². The van der Waals surface area contributed by atoms with Gasteiger partial charge in [-0.25, -0.2) is 0 Å². The van der Waals surface area contributed by atoms with Gasteiger partial charge in [0.15, 0.2) is 0 Å². The fourth-order valence-corrected chi connectivity index (χ4v) is 3.27. The molecule has 1 saturated heterocycles. The summed E-state index contributed by atoms with van der Waals surface area (Å²) in [6.45, 7) is 5.25. The van der Waals surface area contributed by atoms with Crippen molar-refractivity contribution in [3.05, 3.63) is 59.7 Å². The van der Waals surface area contributed by atoms with Crippen LogP contribution in [0.4, 0.5) is 0 Å². The number of rotatable bonds is 4. The summed E-state index contributed by atoms with van der Waals surface area (Å²) in [4.78, 5) is 15.9. The van der Waals surface area contributed by atoms with E-state index >= 15 is 0 Å². The molecule has 1 unspecified atom stereocenters. The minimum atomic E-state index is -0.926. The molecule has 1 fully saturated rings. The van der Waals surface area contributed by atoms with Crippen LogP contribution in [-0.2, 0) is 11.3 Å². The summed E-state index contributed by atoms with van der Waals surface area (Å²) in [7, 11) is 0. The number of aliphatic hydroxyl groups is 1. The van der Waals surface area contributed by atoms with Gasteiger partial charge < -0.3 is 10.0 Å². The summed E-state index contributed by atoms with van der Waals surface area (Å²) in [5.41, 5.74) is 3.88. The molecule has 0 spiro atoms. The van der Waals surface area contributed by atoms with Crippen LogP contribution in [0, 0.1) is 11.3 Å². The highest BCUT2D eigenvalue weighted by atomic mass is 16.3. The molecule has 5 heteroatoms. The highest BCUT2D eigenvalue weighted by Crippen LogP contribution is 2.24. The third kappa shape index (κ3) is 4.10. The van der Waals surface area contributed by atoms with Crippen molar-refractivity contribution in [2.45, 2.75) is 19.6 Å². The number of hydrogen-bond acceptors (Lipinski definition) is 4. The first kappa shape index (κ1) is 18.1. The molecular formula is C21H23N3O2. The van der Waals surface area contributed by atoms with E-state index in [0.29, 0.717) is 18.7 Å². The lowest BCUT2D eigenvalue weighted by molar-refractivity contribution is -0.141. The SMILES string of the molecule is CC(O)C(=O)N1CCN(Cc2ccc(-c3ccccc3C#N)cc2)CC1. The monoisotopic (exact) mass is 349 g/mol. The average Bonchev–Trinajstić information content (AvgIpc) is 2.68. The lowest BCUT2D eigenvalue weighted by Crippen LogP contribution is -2.50. The largest absolute Gasteiger partial charge is 0.384 e. The molecule has 0 bridgehead atoms. The van der Waals surface area contributed by atoms with Crippen LogP contribution in [0.15, 0.2) is 48.5 Å². The van der Waals surface area contributed by atoms with Gasteiger partial charge in [0, 0.05) is 32.7 Å². The van der Waals surface area contributed by atoms with Crippen molar-refractivity contribution in [2.75, 3.05) is 26.2 Å². The van der Waals surface area contributed by atoms with Gasteiger partial charge in [-0.2, -0.15) is 5.26 Å². The van der Waals surface area contributed by atoms with Gasteiger partial charge in [-0.05, 0) is 29.7 Å². The van der Waals surface area contributed by atoms with Crippen molar-refractivity contribution in [2.24, 2.45) is 0 Å². The van der Waals surface area contributed by atoms with Gasteiger partial charge in [0.2, 0.25) is 0 Å². The van der Waals surface area contributed by atoms with Crippen molar-refractivity contribution in [3.8, 4) is 17.2 Å². The second kappa shape index (κ2) is 8.13. The normalized spacial score (nSPS) is 16.1. The second-order valence-electron chi connectivity index (χ2n) is 6.63. The number of aliphatic hydroxyl groups excluding tert-OH is 1. The van der Waals surface area contributed by atoms with Crippen LogP contribution in [0.2, 0.25) is 0 Å². The molecule has 1 amide bonds. The van der Waals surface area contributed by atoms with Gasteiger partial charge in [0.05, 0.1) is 11.6 Å². The molecule has 3 rings (SSSR count). The number of amides is 1. The molecule has 134 valence electrons. The molecule has 2 aromatic rings. The van der Waals surface area contributed by atoms with Crippen LogP contribution in [-0.4, -0.2) is 53.1 Å². The van der Waals surface area contributed by atoms with E-state index in [1.54, 1.807) is 4.90 Å². The van der Waals surface area contributed by atoms with Gasteiger partial charge in [-0.1, -0.05) is 42.5 Å². The number of nitriles is 1. The van der Waals surface area contributed by atoms with Gasteiger partial charge >= 0.3 is 0 Å². The van der Waals surface area contributed by atoms with Crippen LogP contribution in [0.1, 0.15) is 18.1 Å². The van der Waals surface area contributed by atoms with Crippen LogP contribution in [0.3, 0.4) is 0 Å². The number of nitrogens with zero attached hydrogens (tertiary/aromatic N) is 3. The van der Waals surface area contributed by atoms with Gasteiger partial charge in [0.25, 0.3) is 5.91 Å². The van der Waals surface area contributed by atoms with E-state index in [1.165, 1.54) is 12.5 Å². The fourth-order valence-electron chi connectivity index (χ4n) is 3.27. The zero-order chi connectivity index (χ0) is 18.5. The van der Waals surface area contributed by atoms with E-state index in [-0.39, 0.29) is 5.91 Å². The van der Waals surface area contributed by atoms with E-state index in [1.807, 2.05) is 24.3 Å². The molecule has 0 aliphatic carbocycles. The van der Waals surface area contributed by atoms with E-state index < -0.39 is 6.10 Å². The minimum absolute atomic E-state index is 0.190.